The van der Waals surface area contributed by atoms with Crippen LogP contribution in [0.2, 0.25) is 0 Å². The smallest absolute Gasteiger partial charge is 0.292 e. The first-order valence-electron chi connectivity index (χ1n) is 8.86. The number of hydrogen-bond acceptors (Lipinski definition) is 4. The fourth-order valence-electron chi connectivity index (χ4n) is 3.11. The monoisotopic (exact) mass is 365 g/mol. The van der Waals surface area contributed by atoms with Crippen molar-refractivity contribution in [2.75, 3.05) is 0 Å². The number of hydrazone groups is 1. The van der Waals surface area contributed by atoms with Crippen molar-refractivity contribution in [2.24, 2.45) is 11.0 Å². The van der Waals surface area contributed by atoms with Crippen molar-refractivity contribution >= 4 is 22.9 Å². The molecule has 7 nitrogen and oxygen atoms in total. The highest BCUT2D eigenvalue weighted by molar-refractivity contribution is 6.04. The molecule has 2 aromatic heterocycles. The number of aromatic nitrogens is 3. The van der Waals surface area contributed by atoms with Crippen molar-refractivity contribution in [3.05, 3.63) is 63.3 Å². The number of aryl methyl sites for hydroxylation is 1. The van der Waals surface area contributed by atoms with Gasteiger partial charge in [0, 0.05) is 28.9 Å². The lowest BCUT2D eigenvalue weighted by molar-refractivity contribution is 0.0951. The van der Waals surface area contributed by atoms with Crippen LogP contribution in [0.25, 0.3) is 10.8 Å². The van der Waals surface area contributed by atoms with Crippen molar-refractivity contribution in [1.82, 2.24) is 20.2 Å². The SMILES string of the molecule is Cc1cc(/C=N\NC(=O)c2n[nH]c(=O)c3ccccc23)c(C)n1CC(C)C. The van der Waals surface area contributed by atoms with Gasteiger partial charge in [-0.2, -0.15) is 10.2 Å². The molecule has 0 fully saturated rings. The fraction of sp³-hybridized carbons (Fsp3) is 0.300. The molecule has 27 heavy (non-hydrogen) atoms. The third-order valence-electron chi connectivity index (χ3n) is 4.44. The molecule has 0 atom stereocenters. The number of nitrogens with one attached hydrogen (secondary N) is 2. The molecule has 0 unspecified atom stereocenters. The third-order valence-corrected chi connectivity index (χ3v) is 4.44. The van der Waals surface area contributed by atoms with Gasteiger partial charge in [-0.05, 0) is 31.9 Å². The molecular weight excluding hydrogens is 342 g/mol. The average Bonchev–Trinajstić information content (AvgIpc) is 2.89. The van der Waals surface area contributed by atoms with Gasteiger partial charge >= 0.3 is 0 Å². The zero-order valence-corrected chi connectivity index (χ0v) is 15.9. The molecule has 0 aliphatic rings. The zero-order valence-electron chi connectivity index (χ0n) is 15.9. The summed E-state index contributed by atoms with van der Waals surface area (Å²) in [4.78, 5) is 24.3. The molecule has 0 bridgehead atoms. The molecule has 3 aromatic rings. The molecule has 0 radical (unpaired) electrons. The minimum atomic E-state index is -0.477. The summed E-state index contributed by atoms with van der Waals surface area (Å²) >= 11 is 0. The van der Waals surface area contributed by atoms with Gasteiger partial charge in [-0.3, -0.25) is 9.59 Å². The molecule has 0 aliphatic carbocycles. The Kier molecular flexibility index (Phi) is 5.21. The molecule has 1 aromatic carbocycles. The Balaban J connectivity index is 1.81. The Morgan fingerprint density at radius 3 is 2.70 bits per heavy atom. The molecule has 7 heteroatoms. The standard InChI is InChI=1S/C20H23N5O2/c1-12(2)11-25-13(3)9-15(14(25)4)10-21-23-20(27)18-16-7-5-6-8-17(16)19(26)24-22-18/h5-10,12H,11H2,1-4H3,(H,23,27)(H,24,26)/b21-10-. The first kappa shape index (κ1) is 18.6. The molecule has 0 spiro atoms. The second-order valence-corrected chi connectivity index (χ2v) is 6.98. The second-order valence-electron chi connectivity index (χ2n) is 6.98. The van der Waals surface area contributed by atoms with E-state index < -0.39 is 5.91 Å². The van der Waals surface area contributed by atoms with Gasteiger partial charge in [-0.25, -0.2) is 10.5 Å². The van der Waals surface area contributed by atoms with Crippen molar-refractivity contribution in [2.45, 2.75) is 34.2 Å². The van der Waals surface area contributed by atoms with Crippen LogP contribution in [-0.4, -0.2) is 26.9 Å². The Hall–Kier alpha value is -3.22. The number of amides is 1. The molecule has 140 valence electrons. The van der Waals surface area contributed by atoms with Crippen LogP contribution in [-0.2, 0) is 6.54 Å². The van der Waals surface area contributed by atoms with Crippen molar-refractivity contribution in [3.63, 3.8) is 0 Å². The zero-order chi connectivity index (χ0) is 19.6. The molecular formula is C20H23N5O2. The van der Waals surface area contributed by atoms with Gasteiger partial charge in [0.1, 0.15) is 0 Å². The molecule has 1 amide bonds. The summed E-state index contributed by atoms with van der Waals surface area (Å²) in [6.07, 6.45) is 1.63. The van der Waals surface area contributed by atoms with E-state index in [1.165, 1.54) is 0 Å². The van der Waals surface area contributed by atoms with E-state index in [-0.39, 0.29) is 11.3 Å². The van der Waals surface area contributed by atoms with E-state index in [4.69, 9.17) is 0 Å². The highest BCUT2D eigenvalue weighted by Gasteiger charge is 2.13. The Labute approximate surface area is 157 Å². The molecule has 0 saturated carbocycles. The first-order valence-corrected chi connectivity index (χ1v) is 8.86. The minimum absolute atomic E-state index is 0.132. The van der Waals surface area contributed by atoms with Crippen LogP contribution in [0.3, 0.4) is 0 Å². The van der Waals surface area contributed by atoms with Gasteiger partial charge in [0.2, 0.25) is 0 Å². The predicted octanol–water partition coefficient (Wildman–Crippen LogP) is 2.76. The van der Waals surface area contributed by atoms with Gasteiger partial charge in [0.15, 0.2) is 5.69 Å². The largest absolute Gasteiger partial charge is 0.348 e. The second kappa shape index (κ2) is 7.57. The summed E-state index contributed by atoms with van der Waals surface area (Å²) < 4.78 is 2.24. The lowest BCUT2D eigenvalue weighted by Crippen LogP contribution is -2.22. The van der Waals surface area contributed by atoms with Gasteiger partial charge in [-0.1, -0.05) is 32.0 Å². The summed E-state index contributed by atoms with van der Waals surface area (Å²) in [5, 5.41) is 11.2. The lowest BCUT2D eigenvalue weighted by atomic mass is 10.1. The maximum atomic E-state index is 12.4. The molecule has 0 aliphatic heterocycles. The van der Waals surface area contributed by atoms with Crippen molar-refractivity contribution in [1.29, 1.82) is 0 Å². The van der Waals surface area contributed by atoms with E-state index in [0.717, 1.165) is 23.5 Å². The third kappa shape index (κ3) is 3.81. The molecule has 0 saturated heterocycles. The normalized spacial score (nSPS) is 11.6. The number of hydrogen-bond donors (Lipinski definition) is 2. The maximum Gasteiger partial charge on any atom is 0.292 e. The molecule has 3 rings (SSSR count). The van der Waals surface area contributed by atoms with Gasteiger partial charge < -0.3 is 4.57 Å². The van der Waals surface area contributed by atoms with Crippen LogP contribution < -0.4 is 11.0 Å². The van der Waals surface area contributed by atoms with Gasteiger partial charge in [-0.15, -0.1) is 0 Å². The van der Waals surface area contributed by atoms with E-state index in [1.807, 2.05) is 13.0 Å². The average molecular weight is 365 g/mol. The van der Waals surface area contributed by atoms with Gasteiger partial charge in [0.05, 0.1) is 11.6 Å². The number of rotatable bonds is 5. The summed E-state index contributed by atoms with van der Waals surface area (Å²) in [7, 11) is 0. The summed E-state index contributed by atoms with van der Waals surface area (Å²) in [6.45, 7) is 9.38. The summed E-state index contributed by atoms with van der Waals surface area (Å²) in [5.74, 6) is 0.0635. The predicted molar refractivity (Wildman–Crippen MR) is 106 cm³/mol. The van der Waals surface area contributed by atoms with E-state index in [9.17, 15) is 9.59 Å². The fourth-order valence-corrected chi connectivity index (χ4v) is 3.11. The summed E-state index contributed by atoms with van der Waals surface area (Å²) in [5.41, 5.74) is 5.50. The van der Waals surface area contributed by atoms with Crippen molar-refractivity contribution < 1.29 is 4.79 Å². The Morgan fingerprint density at radius 1 is 1.30 bits per heavy atom. The van der Waals surface area contributed by atoms with E-state index >= 15 is 0 Å². The van der Waals surface area contributed by atoms with E-state index in [0.29, 0.717) is 16.7 Å². The number of H-pyrrole nitrogens is 1. The summed E-state index contributed by atoms with van der Waals surface area (Å²) in [6, 6.07) is 8.88. The quantitative estimate of drug-likeness (QED) is 0.538. The topological polar surface area (TPSA) is 92.1 Å². The van der Waals surface area contributed by atoms with Crippen LogP contribution in [0, 0.1) is 19.8 Å². The van der Waals surface area contributed by atoms with Crippen LogP contribution in [0.4, 0.5) is 0 Å². The lowest BCUT2D eigenvalue weighted by Gasteiger charge is -2.11. The number of fused-ring (bicyclic) bond motifs is 1. The minimum Gasteiger partial charge on any atom is -0.348 e. The Bertz CT molecular complexity index is 1080. The Morgan fingerprint density at radius 2 is 2.00 bits per heavy atom. The number of nitrogens with zero attached hydrogens (tertiary/aromatic N) is 3. The highest BCUT2D eigenvalue weighted by atomic mass is 16.2. The van der Waals surface area contributed by atoms with Crippen LogP contribution in [0.5, 0.6) is 0 Å². The highest BCUT2D eigenvalue weighted by Crippen LogP contribution is 2.15. The molecule has 2 N–H and O–H groups in total. The maximum absolute atomic E-state index is 12.4. The van der Waals surface area contributed by atoms with Crippen LogP contribution in [0.15, 0.2) is 40.2 Å². The van der Waals surface area contributed by atoms with Crippen molar-refractivity contribution in [3.8, 4) is 0 Å². The van der Waals surface area contributed by atoms with Crippen LogP contribution in [0.1, 0.15) is 41.3 Å². The number of carbonyl (C=O) groups is 1. The van der Waals surface area contributed by atoms with Gasteiger partial charge in [0.25, 0.3) is 11.5 Å². The first-order chi connectivity index (χ1) is 12.9. The van der Waals surface area contributed by atoms with E-state index in [1.54, 1.807) is 30.5 Å². The van der Waals surface area contributed by atoms with Crippen LogP contribution >= 0.6 is 0 Å². The number of benzene rings is 1. The molecule has 2 heterocycles. The number of aromatic amines is 1. The van der Waals surface area contributed by atoms with E-state index in [2.05, 4.69) is 46.1 Å². The number of carbonyl (C=O) groups excluding carboxylic acids is 1.